The molecule has 4 rings (SSSR count). The smallest absolute Gasteiger partial charge is 0.0754 e. The van der Waals surface area contributed by atoms with E-state index < -0.39 is 0 Å². The second kappa shape index (κ2) is 6.58. The molecule has 1 N–H and O–H groups in total. The van der Waals surface area contributed by atoms with Crippen molar-refractivity contribution in [1.29, 1.82) is 0 Å². The Morgan fingerprint density at radius 1 is 1.08 bits per heavy atom. The lowest BCUT2D eigenvalue weighted by molar-refractivity contribution is 0.175. The molecular formula is C22H24N2O. The van der Waals surface area contributed by atoms with Crippen LogP contribution in [0.1, 0.15) is 23.1 Å². The van der Waals surface area contributed by atoms with Gasteiger partial charge in [0.1, 0.15) is 0 Å². The molecule has 1 aromatic heterocycles. The van der Waals surface area contributed by atoms with Crippen LogP contribution in [0, 0.1) is 13.8 Å². The minimum Gasteiger partial charge on any atom is -0.392 e. The van der Waals surface area contributed by atoms with Gasteiger partial charge in [-0.1, -0.05) is 35.9 Å². The molecule has 0 aliphatic carbocycles. The van der Waals surface area contributed by atoms with E-state index in [1.165, 1.54) is 22.1 Å². The van der Waals surface area contributed by atoms with Crippen molar-refractivity contribution in [3.05, 3.63) is 65.2 Å². The highest BCUT2D eigenvalue weighted by Crippen LogP contribution is 2.28. The van der Waals surface area contributed by atoms with E-state index in [1.807, 2.05) is 0 Å². The lowest BCUT2D eigenvalue weighted by atomic mass is 10.0. The van der Waals surface area contributed by atoms with Crippen molar-refractivity contribution >= 4 is 10.9 Å². The maximum absolute atomic E-state index is 9.85. The zero-order valence-electron chi connectivity index (χ0n) is 14.9. The van der Waals surface area contributed by atoms with E-state index >= 15 is 0 Å². The highest BCUT2D eigenvalue weighted by Gasteiger charge is 2.22. The lowest BCUT2D eigenvalue weighted by Gasteiger charge is -2.18. The van der Waals surface area contributed by atoms with Crippen LogP contribution >= 0.6 is 0 Å². The van der Waals surface area contributed by atoms with Crippen molar-refractivity contribution in [2.45, 2.75) is 32.9 Å². The summed E-state index contributed by atoms with van der Waals surface area (Å²) in [6, 6.07) is 17.3. The largest absolute Gasteiger partial charge is 0.392 e. The first-order valence-corrected chi connectivity index (χ1v) is 8.96. The number of hydrogen-bond acceptors (Lipinski definition) is 3. The number of rotatable bonds is 3. The van der Waals surface area contributed by atoms with E-state index in [-0.39, 0.29) is 6.10 Å². The van der Waals surface area contributed by atoms with E-state index in [0.29, 0.717) is 0 Å². The minimum atomic E-state index is -0.196. The molecule has 0 bridgehead atoms. The summed E-state index contributed by atoms with van der Waals surface area (Å²) in [6.07, 6.45) is 0.665. The number of hydrogen-bond donors (Lipinski definition) is 1. The first-order chi connectivity index (χ1) is 12.1. The molecule has 1 atom stereocenters. The van der Waals surface area contributed by atoms with Gasteiger partial charge >= 0.3 is 0 Å². The summed E-state index contributed by atoms with van der Waals surface area (Å²) in [5, 5.41) is 11.0. The van der Waals surface area contributed by atoms with Crippen LogP contribution in [-0.2, 0) is 6.54 Å². The van der Waals surface area contributed by atoms with Crippen LogP contribution in [0.25, 0.3) is 22.2 Å². The number of aliphatic hydroxyl groups excluding tert-OH is 1. The van der Waals surface area contributed by atoms with Gasteiger partial charge in [0, 0.05) is 30.6 Å². The van der Waals surface area contributed by atoms with E-state index in [2.05, 4.69) is 67.3 Å². The molecule has 3 aromatic rings. The average Bonchev–Trinajstić information content (AvgIpc) is 2.99. The van der Waals surface area contributed by atoms with Crippen LogP contribution in [-0.4, -0.2) is 34.2 Å². The number of likely N-dealkylation sites (tertiary alicyclic amines) is 1. The molecule has 3 nitrogen and oxygen atoms in total. The Hall–Kier alpha value is -2.23. The molecule has 0 spiro atoms. The fourth-order valence-corrected chi connectivity index (χ4v) is 3.68. The monoisotopic (exact) mass is 332 g/mol. The van der Waals surface area contributed by atoms with Crippen LogP contribution in [0.3, 0.4) is 0 Å². The third-order valence-electron chi connectivity index (χ3n) is 4.99. The van der Waals surface area contributed by atoms with E-state index in [1.54, 1.807) is 0 Å². The van der Waals surface area contributed by atoms with Crippen LogP contribution in [0.2, 0.25) is 0 Å². The van der Waals surface area contributed by atoms with Gasteiger partial charge in [-0.25, -0.2) is 4.98 Å². The Bertz CT molecular complexity index is 919. The lowest BCUT2D eigenvalue weighted by Crippen LogP contribution is -2.22. The normalized spacial score (nSPS) is 18.1. The van der Waals surface area contributed by atoms with Gasteiger partial charge in [0.05, 0.1) is 17.3 Å². The van der Waals surface area contributed by atoms with Gasteiger partial charge in [0.25, 0.3) is 0 Å². The third-order valence-corrected chi connectivity index (χ3v) is 4.99. The summed E-state index contributed by atoms with van der Waals surface area (Å²) in [7, 11) is 0. The van der Waals surface area contributed by atoms with Gasteiger partial charge in [-0.2, -0.15) is 0 Å². The van der Waals surface area contributed by atoms with Crippen molar-refractivity contribution in [2.75, 3.05) is 13.1 Å². The van der Waals surface area contributed by atoms with Gasteiger partial charge in [0.2, 0.25) is 0 Å². The predicted molar refractivity (Wildman–Crippen MR) is 103 cm³/mol. The molecule has 1 aliphatic heterocycles. The number of fused-ring (bicyclic) bond motifs is 1. The van der Waals surface area contributed by atoms with Crippen molar-refractivity contribution in [2.24, 2.45) is 0 Å². The molecule has 128 valence electrons. The molecule has 25 heavy (non-hydrogen) atoms. The summed E-state index contributed by atoms with van der Waals surface area (Å²) in [5.74, 6) is 0. The van der Waals surface area contributed by atoms with Gasteiger partial charge in [-0.3, -0.25) is 4.90 Å². The second-order valence-corrected chi connectivity index (χ2v) is 7.24. The topological polar surface area (TPSA) is 36.4 Å². The molecule has 1 saturated heterocycles. The maximum Gasteiger partial charge on any atom is 0.0754 e. The SMILES string of the molecule is Cc1cccc(-c2nc3cc(C)ccc3cc2CN2CC[C@H](O)C2)c1. The molecule has 0 saturated carbocycles. The van der Waals surface area contributed by atoms with Crippen molar-refractivity contribution in [3.8, 4) is 11.3 Å². The van der Waals surface area contributed by atoms with Crippen molar-refractivity contribution in [3.63, 3.8) is 0 Å². The molecule has 0 amide bonds. The van der Waals surface area contributed by atoms with E-state index in [0.717, 1.165) is 42.8 Å². The highest BCUT2D eigenvalue weighted by atomic mass is 16.3. The average molecular weight is 332 g/mol. The minimum absolute atomic E-state index is 0.196. The Morgan fingerprint density at radius 3 is 2.68 bits per heavy atom. The Balaban J connectivity index is 1.83. The Labute approximate surface area is 148 Å². The molecular weight excluding hydrogens is 308 g/mol. The second-order valence-electron chi connectivity index (χ2n) is 7.24. The van der Waals surface area contributed by atoms with Crippen LogP contribution in [0.5, 0.6) is 0 Å². The van der Waals surface area contributed by atoms with Crippen LogP contribution in [0.4, 0.5) is 0 Å². The number of nitrogens with zero attached hydrogens (tertiary/aromatic N) is 2. The summed E-state index contributed by atoms with van der Waals surface area (Å²) in [5.41, 5.74) is 6.97. The first kappa shape index (κ1) is 16.2. The van der Waals surface area contributed by atoms with Crippen molar-refractivity contribution < 1.29 is 5.11 Å². The summed E-state index contributed by atoms with van der Waals surface area (Å²) < 4.78 is 0. The third kappa shape index (κ3) is 3.44. The van der Waals surface area contributed by atoms with E-state index in [4.69, 9.17) is 4.98 Å². The van der Waals surface area contributed by atoms with Crippen LogP contribution in [0.15, 0.2) is 48.5 Å². The van der Waals surface area contributed by atoms with E-state index in [9.17, 15) is 5.11 Å². The van der Waals surface area contributed by atoms with Gasteiger partial charge < -0.3 is 5.11 Å². The molecule has 1 fully saturated rings. The number of aryl methyl sites for hydroxylation is 2. The zero-order chi connectivity index (χ0) is 17.4. The predicted octanol–water partition coefficient (Wildman–Crippen LogP) is 4.09. The number of aliphatic hydroxyl groups is 1. The Kier molecular flexibility index (Phi) is 4.28. The number of β-amino-alcohol motifs (C(OH)–C–C–N with tert-alkyl or cyclic N) is 1. The fourth-order valence-electron chi connectivity index (χ4n) is 3.68. The zero-order valence-corrected chi connectivity index (χ0v) is 14.9. The molecule has 1 aliphatic rings. The summed E-state index contributed by atoms with van der Waals surface area (Å²) in [4.78, 5) is 7.34. The van der Waals surface area contributed by atoms with Gasteiger partial charge in [-0.15, -0.1) is 0 Å². The van der Waals surface area contributed by atoms with Crippen molar-refractivity contribution in [1.82, 2.24) is 9.88 Å². The fraction of sp³-hybridized carbons (Fsp3) is 0.318. The summed E-state index contributed by atoms with van der Waals surface area (Å²) >= 11 is 0. The highest BCUT2D eigenvalue weighted by molar-refractivity contribution is 5.84. The molecule has 2 aromatic carbocycles. The molecule has 2 heterocycles. The molecule has 3 heteroatoms. The molecule has 0 radical (unpaired) electrons. The number of pyridine rings is 1. The maximum atomic E-state index is 9.85. The first-order valence-electron chi connectivity index (χ1n) is 8.96. The standard InChI is InChI=1S/C22H24N2O/c1-15-4-3-5-18(10-15)22-19(13-24-9-8-20(25)14-24)12-17-7-6-16(2)11-21(17)23-22/h3-7,10-12,20,25H,8-9,13-14H2,1-2H3/t20-/m0/s1. The molecule has 0 unspecified atom stereocenters. The Morgan fingerprint density at radius 2 is 1.92 bits per heavy atom. The van der Waals surface area contributed by atoms with Gasteiger partial charge in [-0.05, 0) is 49.6 Å². The summed E-state index contributed by atoms with van der Waals surface area (Å²) in [6.45, 7) is 6.74. The number of aromatic nitrogens is 1. The van der Waals surface area contributed by atoms with Gasteiger partial charge in [0.15, 0.2) is 0 Å². The number of benzene rings is 2. The van der Waals surface area contributed by atoms with Crippen LogP contribution < -0.4 is 0 Å². The quantitative estimate of drug-likeness (QED) is 0.785.